The number of ether oxygens (including phenoxy) is 1. The standard InChI is InChI=1S/C27H28N2O6/c1-34-25(32)12-21(18-6-3-2-4-7-18)27-26(33)23(30)11-20(35-27)16-28-13-17-10-19(15-28)22-8-5-9-24(31)29(22)14-17/h2-9,11,17,19,21,33H,10,12-16H2,1H3. The van der Waals surface area contributed by atoms with Crippen molar-refractivity contribution in [2.24, 2.45) is 5.92 Å². The molecule has 1 fully saturated rings. The van der Waals surface area contributed by atoms with Crippen LogP contribution in [0.5, 0.6) is 5.75 Å². The van der Waals surface area contributed by atoms with Crippen LogP contribution in [0.3, 0.4) is 0 Å². The van der Waals surface area contributed by atoms with E-state index in [4.69, 9.17) is 9.15 Å². The van der Waals surface area contributed by atoms with Crippen molar-refractivity contribution in [3.63, 3.8) is 0 Å². The maximum absolute atomic E-state index is 12.7. The van der Waals surface area contributed by atoms with Crippen molar-refractivity contribution in [3.8, 4) is 5.75 Å². The van der Waals surface area contributed by atoms with Crippen LogP contribution in [-0.2, 0) is 22.6 Å². The maximum atomic E-state index is 12.7. The molecule has 8 heteroatoms. The molecule has 3 aromatic rings. The average molecular weight is 477 g/mol. The summed E-state index contributed by atoms with van der Waals surface area (Å²) >= 11 is 0. The van der Waals surface area contributed by atoms with Crippen LogP contribution < -0.4 is 11.0 Å². The van der Waals surface area contributed by atoms with Crippen molar-refractivity contribution in [3.05, 3.63) is 98.0 Å². The lowest BCUT2D eigenvalue weighted by Gasteiger charge is -2.42. The van der Waals surface area contributed by atoms with Gasteiger partial charge in [0.1, 0.15) is 5.76 Å². The number of likely N-dealkylation sites (tertiary alicyclic amines) is 1. The second-order valence-electron chi connectivity index (χ2n) is 9.43. The fourth-order valence-electron chi connectivity index (χ4n) is 5.51. The molecule has 0 spiro atoms. The Bertz CT molecular complexity index is 1350. The van der Waals surface area contributed by atoms with Gasteiger partial charge in [-0.2, -0.15) is 0 Å². The molecule has 2 aliphatic rings. The lowest BCUT2D eigenvalue weighted by Crippen LogP contribution is -2.46. The molecule has 1 N–H and O–H groups in total. The minimum absolute atomic E-state index is 0.0392. The van der Waals surface area contributed by atoms with E-state index in [-0.39, 0.29) is 23.7 Å². The highest BCUT2D eigenvalue weighted by molar-refractivity contribution is 5.71. The predicted octanol–water partition coefficient (Wildman–Crippen LogP) is 2.82. The number of aromatic nitrogens is 1. The van der Waals surface area contributed by atoms with Gasteiger partial charge in [-0.25, -0.2) is 0 Å². The Hall–Kier alpha value is -3.65. The normalized spacial score (nSPS) is 20.1. The number of hydrogen-bond donors (Lipinski definition) is 1. The Labute approximate surface area is 202 Å². The summed E-state index contributed by atoms with van der Waals surface area (Å²) in [6, 6.07) is 15.9. The summed E-state index contributed by atoms with van der Waals surface area (Å²) in [5.74, 6) is -0.551. The molecule has 0 radical (unpaired) electrons. The third-order valence-electron chi connectivity index (χ3n) is 7.05. The van der Waals surface area contributed by atoms with Crippen molar-refractivity contribution >= 4 is 5.97 Å². The van der Waals surface area contributed by atoms with Crippen molar-refractivity contribution in [1.82, 2.24) is 9.47 Å². The van der Waals surface area contributed by atoms with E-state index >= 15 is 0 Å². The Kier molecular flexibility index (Phi) is 6.30. The number of esters is 1. The molecule has 3 atom stereocenters. The molecule has 2 aliphatic heterocycles. The SMILES string of the molecule is COC(=O)CC(c1ccccc1)c1oc(CN2CC3CC(C2)c2cccc(=O)n2C3)cc(=O)c1O. The first-order valence-electron chi connectivity index (χ1n) is 11.8. The van der Waals surface area contributed by atoms with Crippen LogP contribution in [0, 0.1) is 5.92 Å². The molecule has 4 heterocycles. The van der Waals surface area contributed by atoms with Crippen molar-refractivity contribution in [2.75, 3.05) is 20.2 Å². The van der Waals surface area contributed by atoms with Crippen LogP contribution in [0.2, 0.25) is 0 Å². The van der Waals surface area contributed by atoms with Crippen LogP contribution >= 0.6 is 0 Å². The van der Waals surface area contributed by atoms with Gasteiger partial charge in [0.15, 0.2) is 5.76 Å². The number of pyridine rings is 1. The van der Waals surface area contributed by atoms with E-state index in [2.05, 4.69) is 4.90 Å². The number of carbonyl (C=O) groups excluding carboxylic acids is 1. The molecule has 3 unspecified atom stereocenters. The smallest absolute Gasteiger partial charge is 0.306 e. The van der Waals surface area contributed by atoms with Crippen molar-refractivity contribution in [2.45, 2.75) is 37.8 Å². The van der Waals surface area contributed by atoms with Gasteiger partial charge in [-0.3, -0.25) is 19.3 Å². The van der Waals surface area contributed by atoms with E-state index in [1.807, 2.05) is 47.0 Å². The van der Waals surface area contributed by atoms with Gasteiger partial charge in [0.2, 0.25) is 11.2 Å². The van der Waals surface area contributed by atoms with Crippen LogP contribution in [0.15, 0.2) is 68.6 Å². The Morgan fingerprint density at radius 3 is 2.69 bits per heavy atom. The largest absolute Gasteiger partial charge is 0.502 e. The van der Waals surface area contributed by atoms with Gasteiger partial charge in [-0.1, -0.05) is 36.4 Å². The Morgan fingerprint density at radius 2 is 1.91 bits per heavy atom. The van der Waals surface area contributed by atoms with Crippen molar-refractivity contribution in [1.29, 1.82) is 0 Å². The third-order valence-corrected chi connectivity index (χ3v) is 7.05. The van der Waals surface area contributed by atoms with Crippen LogP contribution in [-0.4, -0.2) is 40.7 Å². The predicted molar refractivity (Wildman–Crippen MR) is 128 cm³/mol. The molecular formula is C27H28N2O6. The number of piperidine rings is 1. The quantitative estimate of drug-likeness (QED) is 0.546. The summed E-state index contributed by atoms with van der Waals surface area (Å²) in [6.07, 6.45) is 0.958. The summed E-state index contributed by atoms with van der Waals surface area (Å²) < 4.78 is 12.8. The van der Waals surface area contributed by atoms with Crippen molar-refractivity contribution < 1.29 is 19.1 Å². The van der Waals surface area contributed by atoms with Gasteiger partial charge in [0.25, 0.3) is 5.56 Å². The average Bonchev–Trinajstić information content (AvgIpc) is 2.86. The van der Waals surface area contributed by atoms with Gasteiger partial charge in [-0.05, 0) is 24.0 Å². The molecule has 182 valence electrons. The minimum Gasteiger partial charge on any atom is -0.502 e. The van der Waals surface area contributed by atoms with E-state index in [0.717, 1.165) is 30.8 Å². The zero-order chi connectivity index (χ0) is 24.5. The second kappa shape index (κ2) is 9.54. The van der Waals surface area contributed by atoms with Gasteiger partial charge in [0.05, 0.1) is 26.0 Å². The van der Waals surface area contributed by atoms with Crippen LogP contribution in [0.4, 0.5) is 0 Å². The summed E-state index contributed by atoms with van der Waals surface area (Å²) in [7, 11) is 1.30. The molecular weight excluding hydrogens is 448 g/mol. The molecule has 1 aromatic carbocycles. The fourth-order valence-corrected chi connectivity index (χ4v) is 5.51. The first-order valence-corrected chi connectivity index (χ1v) is 11.8. The number of benzene rings is 1. The topological polar surface area (TPSA) is 102 Å². The van der Waals surface area contributed by atoms with E-state index in [1.165, 1.54) is 13.2 Å². The Morgan fingerprint density at radius 1 is 1.11 bits per heavy atom. The van der Waals surface area contributed by atoms with Gasteiger partial charge >= 0.3 is 5.97 Å². The van der Waals surface area contributed by atoms with Crippen LogP contribution in [0.1, 0.15) is 47.5 Å². The summed E-state index contributed by atoms with van der Waals surface area (Å²) in [4.78, 5) is 39.4. The summed E-state index contributed by atoms with van der Waals surface area (Å²) in [5, 5.41) is 10.6. The molecule has 0 amide bonds. The van der Waals surface area contributed by atoms with E-state index in [9.17, 15) is 19.5 Å². The van der Waals surface area contributed by atoms with E-state index < -0.39 is 23.1 Å². The maximum Gasteiger partial charge on any atom is 0.306 e. The molecule has 2 bridgehead atoms. The number of aromatic hydroxyl groups is 1. The summed E-state index contributed by atoms with van der Waals surface area (Å²) in [6.45, 7) is 2.60. The highest BCUT2D eigenvalue weighted by Crippen LogP contribution is 2.37. The first-order chi connectivity index (χ1) is 16.9. The first kappa shape index (κ1) is 23.1. The lowest BCUT2D eigenvalue weighted by atomic mass is 9.83. The number of hydrogen-bond acceptors (Lipinski definition) is 7. The van der Waals surface area contributed by atoms with E-state index in [0.29, 0.717) is 24.8 Å². The fraction of sp³-hybridized carbons (Fsp3) is 0.370. The number of fused-ring (bicyclic) bond motifs is 4. The number of nitrogens with zero attached hydrogens (tertiary/aromatic N) is 2. The zero-order valence-corrected chi connectivity index (χ0v) is 19.6. The molecule has 0 aliphatic carbocycles. The molecule has 35 heavy (non-hydrogen) atoms. The number of carbonyl (C=O) groups is 1. The monoisotopic (exact) mass is 476 g/mol. The van der Waals surface area contributed by atoms with Gasteiger partial charge in [-0.15, -0.1) is 0 Å². The molecule has 2 aromatic heterocycles. The summed E-state index contributed by atoms with van der Waals surface area (Å²) in [5.41, 5.74) is 1.29. The lowest BCUT2D eigenvalue weighted by molar-refractivity contribution is -0.140. The highest BCUT2D eigenvalue weighted by Gasteiger charge is 2.35. The Balaban J connectivity index is 1.44. The number of rotatable bonds is 6. The third kappa shape index (κ3) is 4.66. The minimum atomic E-state index is -0.657. The molecule has 1 saturated heterocycles. The van der Waals surface area contributed by atoms with E-state index in [1.54, 1.807) is 6.07 Å². The van der Waals surface area contributed by atoms with Gasteiger partial charge < -0.3 is 18.8 Å². The molecule has 8 nitrogen and oxygen atoms in total. The molecule has 5 rings (SSSR count). The number of methoxy groups -OCH3 is 1. The second-order valence-corrected chi connectivity index (χ2v) is 9.43. The van der Waals surface area contributed by atoms with Crippen LogP contribution in [0.25, 0.3) is 0 Å². The molecule has 0 saturated carbocycles. The highest BCUT2D eigenvalue weighted by atomic mass is 16.5. The van der Waals surface area contributed by atoms with Gasteiger partial charge in [0, 0.05) is 43.4 Å². The zero-order valence-electron chi connectivity index (χ0n) is 19.6.